The highest BCUT2D eigenvalue weighted by Crippen LogP contribution is 2.77. The number of aliphatic hydroxyl groups is 1. The van der Waals surface area contributed by atoms with Crippen molar-refractivity contribution >= 4 is 17.8 Å². The van der Waals surface area contributed by atoms with E-state index in [0.29, 0.717) is 54.7 Å². The summed E-state index contributed by atoms with van der Waals surface area (Å²) in [5.41, 5.74) is 4.91. The van der Waals surface area contributed by atoms with E-state index in [1.165, 1.54) is 31.3 Å². The second-order valence-corrected chi connectivity index (χ2v) is 20.1. The minimum Gasteiger partial charge on any atom is -0.478 e. The van der Waals surface area contributed by atoms with Gasteiger partial charge in [0.25, 0.3) is 5.91 Å². The molecular weight excluding hydrogens is 685 g/mol. The molecule has 0 aliphatic heterocycles. The molecule has 5 saturated carbocycles. The molecule has 55 heavy (non-hydrogen) atoms. The van der Waals surface area contributed by atoms with E-state index >= 15 is 0 Å². The zero-order valence-corrected chi connectivity index (χ0v) is 34.5. The summed E-state index contributed by atoms with van der Waals surface area (Å²) in [5.74, 6) is 1.37. The summed E-state index contributed by atoms with van der Waals surface area (Å²) in [6.07, 6.45) is 11.2. The summed E-state index contributed by atoms with van der Waals surface area (Å²) in [6, 6.07) is 12.5. The first-order chi connectivity index (χ1) is 25.9. The van der Waals surface area contributed by atoms with Gasteiger partial charge in [-0.25, -0.2) is 4.79 Å². The number of fused-ring (bicyclic) bond motifs is 7. The van der Waals surface area contributed by atoms with Gasteiger partial charge in [0.15, 0.2) is 0 Å². The second-order valence-electron chi connectivity index (χ2n) is 20.1. The van der Waals surface area contributed by atoms with Crippen LogP contribution in [0.2, 0.25) is 0 Å². The topological polar surface area (TPSA) is 116 Å². The Morgan fingerprint density at radius 2 is 1.51 bits per heavy atom. The summed E-state index contributed by atoms with van der Waals surface area (Å²) in [5, 5.41) is 26.7. The Labute approximate surface area is 329 Å². The first kappa shape index (κ1) is 39.8. The largest absolute Gasteiger partial charge is 0.478 e. The number of carbonyl (C=O) groups excluding carboxylic acids is 2. The molecule has 0 bridgehead atoms. The van der Waals surface area contributed by atoms with Crippen LogP contribution in [-0.2, 0) is 17.8 Å². The number of hydrogen-bond acceptors (Lipinski definition) is 4. The Hall–Kier alpha value is -3.45. The van der Waals surface area contributed by atoms with Crippen LogP contribution in [0.25, 0.3) is 0 Å². The highest BCUT2D eigenvalue weighted by Gasteiger charge is 2.71. The van der Waals surface area contributed by atoms with E-state index in [9.17, 15) is 24.6 Å². The van der Waals surface area contributed by atoms with E-state index in [0.717, 1.165) is 55.2 Å². The molecule has 298 valence electrons. The molecule has 5 aliphatic rings. The van der Waals surface area contributed by atoms with Crippen LogP contribution in [0.1, 0.15) is 143 Å². The normalized spacial score (nSPS) is 37.4. The van der Waals surface area contributed by atoms with Crippen molar-refractivity contribution in [2.75, 3.05) is 6.54 Å². The van der Waals surface area contributed by atoms with Gasteiger partial charge in [0.2, 0.25) is 5.91 Å². The fourth-order valence-electron chi connectivity index (χ4n) is 14.1. The van der Waals surface area contributed by atoms with Gasteiger partial charge in [0.1, 0.15) is 0 Å². The Morgan fingerprint density at radius 3 is 2.20 bits per heavy atom. The van der Waals surface area contributed by atoms with Crippen molar-refractivity contribution in [1.29, 1.82) is 0 Å². The first-order valence-corrected chi connectivity index (χ1v) is 21.2. The Morgan fingerprint density at radius 1 is 0.800 bits per heavy atom. The van der Waals surface area contributed by atoms with E-state index < -0.39 is 5.97 Å². The van der Waals surface area contributed by atoms with Crippen LogP contribution < -0.4 is 10.6 Å². The molecule has 0 saturated heterocycles. The number of hydrogen-bond donors (Lipinski definition) is 4. The Kier molecular flexibility index (Phi) is 10.3. The van der Waals surface area contributed by atoms with Crippen molar-refractivity contribution in [1.82, 2.24) is 10.6 Å². The number of carbonyl (C=O) groups is 3. The molecule has 5 fully saturated rings. The predicted octanol–water partition coefficient (Wildman–Crippen LogP) is 9.30. The van der Waals surface area contributed by atoms with Gasteiger partial charge in [-0.3, -0.25) is 9.59 Å². The van der Waals surface area contributed by atoms with Crippen LogP contribution in [0.5, 0.6) is 0 Å². The average Bonchev–Trinajstić information content (AvgIpc) is 3.55. The number of aliphatic hydroxyl groups excluding tert-OH is 1. The summed E-state index contributed by atoms with van der Waals surface area (Å²) in [4.78, 5) is 39.1. The molecule has 10 atom stereocenters. The molecule has 0 radical (unpaired) electrons. The average molecular weight is 751 g/mol. The smallest absolute Gasteiger partial charge is 0.335 e. The molecule has 0 aromatic heterocycles. The molecule has 7 nitrogen and oxygen atoms in total. The van der Waals surface area contributed by atoms with Crippen molar-refractivity contribution in [3.8, 4) is 0 Å². The third-order valence-electron chi connectivity index (χ3n) is 17.4. The van der Waals surface area contributed by atoms with Crippen molar-refractivity contribution in [3.05, 3.63) is 82.4 Å². The number of rotatable bonds is 9. The van der Waals surface area contributed by atoms with Gasteiger partial charge >= 0.3 is 5.97 Å². The molecule has 2 aromatic carbocycles. The molecule has 2 amide bonds. The Balaban J connectivity index is 1.05. The van der Waals surface area contributed by atoms with E-state index in [4.69, 9.17) is 0 Å². The first-order valence-electron chi connectivity index (χ1n) is 21.2. The summed E-state index contributed by atoms with van der Waals surface area (Å²) < 4.78 is 0. The van der Waals surface area contributed by atoms with Crippen molar-refractivity contribution in [3.63, 3.8) is 0 Å². The molecular formula is C48H66N2O5. The number of aryl methyl sites for hydroxylation is 1. The molecule has 5 aliphatic carbocycles. The summed E-state index contributed by atoms with van der Waals surface area (Å²) >= 11 is 0. The minimum atomic E-state index is -0.977. The second kappa shape index (κ2) is 14.2. The van der Waals surface area contributed by atoms with Gasteiger partial charge in [-0.15, -0.1) is 0 Å². The molecule has 7 rings (SSSR count). The molecule has 4 unspecified atom stereocenters. The SMILES string of the molecule is C=C(C)[C@@H]1CC[C@]2(C(=O)NCCc3ccc(C)c(C(=O)NCc4ccc(C(=O)O)cc4)c3)CC[C@]3(C)C(CCC4[C@@]5(C)CC[C@H](O)C(C)(C)C5CC[C@]43C)C12. The monoisotopic (exact) mass is 750 g/mol. The van der Waals surface area contributed by atoms with E-state index in [2.05, 4.69) is 58.8 Å². The number of aromatic carboxylic acids is 1. The summed E-state index contributed by atoms with van der Waals surface area (Å²) in [6.45, 7) is 21.9. The highest BCUT2D eigenvalue weighted by atomic mass is 16.4. The molecule has 0 heterocycles. The number of carboxylic acids is 1. The lowest BCUT2D eigenvalue weighted by Crippen LogP contribution is -2.67. The van der Waals surface area contributed by atoms with E-state index in [1.807, 2.05) is 25.1 Å². The van der Waals surface area contributed by atoms with Gasteiger partial charge in [0.05, 0.1) is 17.1 Å². The van der Waals surface area contributed by atoms with Crippen molar-refractivity contribution in [2.45, 2.75) is 132 Å². The van der Waals surface area contributed by atoms with Crippen LogP contribution in [0.15, 0.2) is 54.6 Å². The van der Waals surface area contributed by atoms with Crippen LogP contribution in [0.4, 0.5) is 0 Å². The van der Waals surface area contributed by atoms with Gasteiger partial charge in [0, 0.05) is 18.7 Å². The number of carboxylic acid groups (broad SMARTS) is 1. The van der Waals surface area contributed by atoms with Crippen molar-refractivity contribution in [2.24, 2.45) is 56.7 Å². The van der Waals surface area contributed by atoms with Crippen molar-refractivity contribution < 1.29 is 24.6 Å². The Bertz CT molecular complexity index is 1850. The fraction of sp³-hybridized carbons (Fsp3) is 0.646. The van der Waals surface area contributed by atoms with Gasteiger partial charge in [-0.05, 0) is 171 Å². The maximum Gasteiger partial charge on any atom is 0.335 e. The summed E-state index contributed by atoms with van der Waals surface area (Å²) in [7, 11) is 0. The minimum absolute atomic E-state index is 0.0612. The van der Waals surface area contributed by atoms with E-state index in [-0.39, 0.29) is 50.6 Å². The third-order valence-corrected chi connectivity index (χ3v) is 17.4. The van der Waals surface area contributed by atoms with Gasteiger partial charge in [-0.2, -0.15) is 0 Å². The quantitative estimate of drug-likeness (QED) is 0.191. The molecule has 0 spiro atoms. The number of amides is 2. The fourth-order valence-corrected chi connectivity index (χ4v) is 14.1. The maximum atomic E-state index is 14.7. The lowest BCUT2D eigenvalue weighted by atomic mass is 9.32. The van der Waals surface area contributed by atoms with Crippen LogP contribution in [0.3, 0.4) is 0 Å². The lowest BCUT2D eigenvalue weighted by molar-refractivity contribution is -0.246. The zero-order valence-electron chi connectivity index (χ0n) is 34.5. The number of nitrogens with one attached hydrogen (secondary N) is 2. The van der Waals surface area contributed by atoms with Gasteiger partial charge in [-0.1, -0.05) is 71.0 Å². The van der Waals surface area contributed by atoms with Crippen LogP contribution in [0, 0.1) is 63.6 Å². The lowest BCUT2D eigenvalue weighted by Gasteiger charge is -2.72. The maximum absolute atomic E-state index is 14.7. The number of benzene rings is 2. The zero-order chi connectivity index (χ0) is 39.7. The van der Waals surface area contributed by atoms with Gasteiger partial charge < -0.3 is 20.8 Å². The van der Waals surface area contributed by atoms with Crippen LogP contribution in [-0.4, -0.2) is 40.6 Å². The molecule has 4 N–H and O–H groups in total. The molecule has 2 aromatic rings. The highest BCUT2D eigenvalue weighted by molar-refractivity contribution is 5.95. The van der Waals surface area contributed by atoms with E-state index in [1.54, 1.807) is 24.3 Å². The number of allylic oxidation sites excluding steroid dienone is 1. The molecule has 7 heteroatoms. The predicted molar refractivity (Wildman–Crippen MR) is 217 cm³/mol. The third kappa shape index (κ3) is 6.30. The van der Waals surface area contributed by atoms with Crippen LogP contribution >= 0.6 is 0 Å². The standard InChI is InChI=1S/C48H66N2O5/c1-29(2)34-17-23-48(43(55)49-26-20-31-10-9-30(3)35(27-31)41(52)50-28-32-11-13-33(14-12-32)42(53)54)25-24-46(7)36(40(34)48)15-16-38-45(6)21-19-39(51)44(4,5)37(45)18-22-47(38,46)8/h9-14,27,34,36-40,51H,1,15-26,28H2,2-8H3,(H,49,55)(H,50,52)(H,53,54)/t34-,36?,37?,38?,39-,40?,45-,46+,47+,48-/m0/s1.